The van der Waals surface area contributed by atoms with Gasteiger partial charge in [-0.05, 0) is 31.2 Å². The van der Waals surface area contributed by atoms with Gasteiger partial charge >= 0.3 is 0 Å². The summed E-state index contributed by atoms with van der Waals surface area (Å²) in [5.74, 6) is -0.00425. The maximum absolute atomic E-state index is 13.2. The molecule has 5 nitrogen and oxygen atoms in total. The Bertz CT molecular complexity index is 691. The molecule has 2 aromatic rings. The van der Waals surface area contributed by atoms with Crippen LogP contribution in [0.25, 0.3) is 0 Å². The summed E-state index contributed by atoms with van der Waals surface area (Å²) in [6.07, 6.45) is -0.927. The minimum Gasteiger partial charge on any atom is -0.457 e. The van der Waals surface area contributed by atoms with Crippen LogP contribution in [0.15, 0.2) is 36.4 Å². The number of ether oxygens (including phenoxy) is 1. The van der Waals surface area contributed by atoms with Crippen molar-refractivity contribution < 1.29 is 19.2 Å². The van der Waals surface area contributed by atoms with Crippen LogP contribution in [0, 0.1) is 15.9 Å². The van der Waals surface area contributed by atoms with Gasteiger partial charge in [-0.15, -0.1) is 0 Å². The number of halogens is 2. The maximum Gasteiger partial charge on any atom is 0.288 e. The van der Waals surface area contributed by atoms with Crippen molar-refractivity contribution in [1.82, 2.24) is 0 Å². The van der Waals surface area contributed by atoms with E-state index in [1.54, 1.807) is 0 Å². The molecule has 0 aliphatic heterocycles. The predicted molar refractivity (Wildman–Crippen MR) is 75.2 cm³/mol. The van der Waals surface area contributed by atoms with E-state index in [2.05, 4.69) is 0 Å². The van der Waals surface area contributed by atoms with Crippen LogP contribution in [-0.4, -0.2) is 10.0 Å². The summed E-state index contributed by atoms with van der Waals surface area (Å²) < 4.78 is 18.7. The minimum absolute atomic E-state index is 0.0711. The lowest BCUT2D eigenvalue weighted by atomic mass is 10.1. The van der Waals surface area contributed by atoms with Crippen LogP contribution in [-0.2, 0) is 0 Å². The van der Waals surface area contributed by atoms with Gasteiger partial charge in [0, 0.05) is 17.7 Å². The average Bonchev–Trinajstić information content (AvgIpc) is 2.40. The third-order valence-electron chi connectivity index (χ3n) is 2.77. The van der Waals surface area contributed by atoms with E-state index >= 15 is 0 Å². The highest BCUT2D eigenvalue weighted by Crippen LogP contribution is 2.34. The van der Waals surface area contributed by atoms with E-state index in [9.17, 15) is 19.6 Å². The van der Waals surface area contributed by atoms with E-state index in [0.717, 1.165) is 6.07 Å². The number of hydrogen-bond acceptors (Lipinski definition) is 4. The molecular formula is C14H11ClFNO4. The fourth-order valence-corrected chi connectivity index (χ4v) is 2.00. The summed E-state index contributed by atoms with van der Waals surface area (Å²) in [5.41, 5.74) is 0.0309. The quantitative estimate of drug-likeness (QED) is 0.677. The van der Waals surface area contributed by atoms with Crippen LogP contribution in [0.2, 0.25) is 5.02 Å². The number of nitro groups is 1. The number of hydrogen-bond donors (Lipinski definition) is 1. The Hall–Kier alpha value is -2.18. The van der Waals surface area contributed by atoms with Crippen LogP contribution in [0.4, 0.5) is 10.1 Å². The highest BCUT2D eigenvalue weighted by atomic mass is 35.5. The molecule has 0 aliphatic carbocycles. The Morgan fingerprint density at radius 1 is 1.33 bits per heavy atom. The molecule has 0 amide bonds. The fraction of sp³-hybridized carbons (Fsp3) is 0.143. The molecule has 7 heteroatoms. The van der Waals surface area contributed by atoms with E-state index in [1.165, 1.54) is 37.3 Å². The van der Waals surface area contributed by atoms with Crippen LogP contribution < -0.4 is 4.74 Å². The summed E-state index contributed by atoms with van der Waals surface area (Å²) in [5, 5.41) is 20.2. The summed E-state index contributed by atoms with van der Waals surface area (Å²) in [7, 11) is 0. The first kappa shape index (κ1) is 15.2. The summed E-state index contributed by atoms with van der Waals surface area (Å²) in [6, 6.07) is 7.59. The molecule has 2 rings (SSSR count). The Morgan fingerprint density at radius 3 is 2.62 bits per heavy atom. The smallest absolute Gasteiger partial charge is 0.288 e. The SMILES string of the molecule is C[C@@H](O)c1cc(F)ccc1Oc1ccc([N+](=O)[O-])c(Cl)c1. The third-order valence-corrected chi connectivity index (χ3v) is 3.07. The van der Waals surface area contributed by atoms with Crippen molar-refractivity contribution in [3.05, 3.63) is 62.9 Å². The zero-order valence-corrected chi connectivity index (χ0v) is 11.7. The number of nitrogens with zero attached hydrogens (tertiary/aromatic N) is 1. The van der Waals surface area contributed by atoms with E-state index in [4.69, 9.17) is 16.3 Å². The van der Waals surface area contributed by atoms with Crippen molar-refractivity contribution >= 4 is 17.3 Å². The molecule has 1 N–H and O–H groups in total. The second kappa shape index (κ2) is 6.07. The fourth-order valence-electron chi connectivity index (χ4n) is 1.76. The van der Waals surface area contributed by atoms with Gasteiger partial charge < -0.3 is 9.84 Å². The Kier molecular flexibility index (Phi) is 4.40. The largest absolute Gasteiger partial charge is 0.457 e. The monoisotopic (exact) mass is 311 g/mol. The molecule has 0 radical (unpaired) electrons. The van der Waals surface area contributed by atoms with Gasteiger partial charge in [0.15, 0.2) is 0 Å². The number of aliphatic hydroxyl groups excluding tert-OH is 1. The first-order valence-corrected chi connectivity index (χ1v) is 6.35. The van der Waals surface area contributed by atoms with Gasteiger partial charge in [0.05, 0.1) is 11.0 Å². The molecule has 0 saturated heterocycles. The van der Waals surface area contributed by atoms with Gasteiger partial charge in [0.1, 0.15) is 22.3 Å². The van der Waals surface area contributed by atoms with Gasteiger partial charge in [-0.2, -0.15) is 0 Å². The van der Waals surface area contributed by atoms with Crippen molar-refractivity contribution in [2.24, 2.45) is 0 Å². The number of aliphatic hydroxyl groups is 1. The molecule has 0 unspecified atom stereocenters. The Morgan fingerprint density at radius 2 is 2.05 bits per heavy atom. The average molecular weight is 312 g/mol. The molecule has 0 fully saturated rings. The second-order valence-electron chi connectivity index (χ2n) is 4.33. The third kappa shape index (κ3) is 3.48. The van der Waals surface area contributed by atoms with Crippen molar-refractivity contribution in [1.29, 1.82) is 0 Å². The zero-order valence-electron chi connectivity index (χ0n) is 10.9. The van der Waals surface area contributed by atoms with Crippen LogP contribution in [0.3, 0.4) is 0 Å². The van der Waals surface area contributed by atoms with E-state index in [0.29, 0.717) is 0 Å². The summed E-state index contributed by atoms with van der Waals surface area (Å²) in [6.45, 7) is 1.48. The molecule has 110 valence electrons. The lowest BCUT2D eigenvalue weighted by Gasteiger charge is -2.13. The Labute approximate surface area is 124 Å². The van der Waals surface area contributed by atoms with E-state index in [-0.39, 0.29) is 27.8 Å². The number of rotatable bonds is 4. The van der Waals surface area contributed by atoms with Crippen molar-refractivity contribution in [2.45, 2.75) is 13.0 Å². The zero-order chi connectivity index (χ0) is 15.6. The predicted octanol–water partition coefficient (Wildman–Crippen LogP) is 4.23. The minimum atomic E-state index is -0.927. The standard InChI is InChI=1S/C14H11ClFNO4/c1-8(18)11-6-9(16)2-5-14(11)21-10-3-4-13(17(19)20)12(15)7-10/h2-8,18H,1H3/t8-/m1/s1. The van der Waals surface area contributed by atoms with Crippen molar-refractivity contribution in [3.63, 3.8) is 0 Å². The number of nitro benzene ring substituents is 1. The molecule has 21 heavy (non-hydrogen) atoms. The summed E-state index contributed by atoms with van der Waals surface area (Å²) in [4.78, 5) is 10.1. The van der Waals surface area contributed by atoms with Gasteiger partial charge in [-0.1, -0.05) is 11.6 Å². The lowest BCUT2D eigenvalue weighted by molar-refractivity contribution is -0.384. The van der Waals surface area contributed by atoms with Gasteiger partial charge in [-0.3, -0.25) is 10.1 Å². The van der Waals surface area contributed by atoms with Crippen LogP contribution in [0.1, 0.15) is 18.6 Å². The Balaban J connectivity index is 2.34. The topological polar surface area (TPSA) is 72.6 Å². The highest BCUT2D eigenvalue weighted by Gasteiger charge is 2.15. The number of benzene rings is 2. The molecule has 2 aromatic carbocycles. The van der Waals surface area contributed by atoms with E-state index in [1.807, 2.05) is 0 Å². The van der Waals surface area contributed by atoms with Crippen molar-refractivity contribution in [2.75, 3.05) is 0 Å². The lowest BCUT2D eigenvalue weighted by Crippen LogP contribution is -1.97. The molecule has 0 spiro atoms. The molecule has 0 saturated carbocycles. The first-order valence-electron chi connectivity index (χ1n) is 5.98. The molecule has 1 atom stereocenters. The molecule has 0 heterocycles. The summed E-state index contributed by atoms with van der Waals surface area (Å²) >= 11 is 5.79. The second-order valence-corrected chi connectivity index (χ2v) is 4.74. The van der Waals surface area contributed by atoms with Gasteiger partial charge in [0.25, 0.3) is 5.69 Å². The first-order chi connectivity index (χ1) is 9.88. The van der Waals surface area contributed by atoms with Gasteiger partial charge in [-0.25, -0.2) is 4.39 Å². The molecular weight excluding hydrogens is 301 g/mol. The molecule has 0 aliphatic rings. The van der Waals surface area contributed by atoms with Crippen LogP contribution in [0.5, 0.6) is 11.5 Å². The highest BCUT2D eigenvalue weighted by molar-refractivity contribution is 6.32. The maximum atomic E-state index is 13.2. The van der Waals surface area contributed by atoms with Gasteiger partial charge in [0.2, 0.25) is 0 Å². The van der Waals surface area contributed by atoms with Crippen molar-refractivity contribution in [3.8, 4) is 11.5 Å². The van der Waals surface area contributed by atoms with Crippen LogP contribution >= 0.6 is 11.6 Å². The molecule has 0 bridgehead atoms. The normalized spacial score (nSPS) is 12.0. The molecule has 0 aromatic heterocycles. The van der Waals surface area contributed by atoms with E-state index < -0.39 is 16.8 Å².